The van der Waals surface area contributed by atoms with Crippen LogP contribution in [0.15, 0.2) is 42.5 Å². The van der Waals surface area contributed by atoms with Crippen LogP contribution in [0, 0.1) is 18.8 Å². The van der Waals surface area contributed by atoms with Gasteiger partial charge in [0.25, 0.3) is 0 Å². The van der Waals surface area contributed by atoms with Crippen LogP contribution >= 0.6 is 0 Å². The Hall–Kier alpha value is -3.02. The lowest BCUT2D eigenvalue weighted by atomic mass is 9.83. The van der Waals surface area contributed by atoms with Crippen molar-refractivity contribution >= 4 is 11.8 Å². The molecule has 32 heavy (non-hydrogen) atoms. The number of amides is 2. The Labute approximate surface area is 189 Å². The molecule has 2 fully saturated rings. The predicted molar refractivity (Wildman–Crippen MR) is 123 cm³/mol. The Bertz CT molecular complexity index is 986. The molecule has 2 amide bonds. The van der Waals surface area contributed by atoms with Crippen molar-refractivity contribution in [2.75, 3.05) is 27.3 Å². The fourth-order valence-corrected chi connectivity index (χ4v) is 4.56. The summed E-state index contributed by atoms with van der Waals surface area (Å²) in [6.45, 7) is 3.65. The summed E-state index contributed by atoms with van der Waals surface area (Å²) in [5.41, 5.74) is 3.31. The van der Waals surface area contributed by atoms with Crippen LogP contribution in [0.2, 0.25) is 0 Å². The molecule has 0 spiro atoms. The van der Waals surface area contributed by atoms with Crippen molar-refractivity contribution < 1.29 is 19.1 Å². The number of methoxy groups -OCH3 is 2. The largest absolute Gasteiger partial charge is 0.493 e. The highest BCUT2D eigenvalue weighted by atomic mass is 16.5. The lowest BCUT2D eigenvalue weighted by molar-refractivity contribution is -0.137. The highest BCUT2D eigenvalue weighted by molar-refractivity contribution is 5.83. The highest BCUT2D eigenvalue weighted by Crippen LogP contribution is 2.38. The van der Waals surface area contributed by atoms with Gasteiger partial charge in [-0.2, -0.15) is 0 Å². The van der Waals surface area contributed by atoms with Crippen LogP contribution in [0.5, 0.6) is 11.5 Å². The molecule has 0 aromatic heterocycles. The van der Waals surface area contributed by atoms with Gasteiger partial charge in [0.05, 0.1) is 20.1 Å². The number of piperidine rings is 1. The van der Waals surface area contributed by atoms with E-state index < -0.39 is 0 Å². The van der Waals surface area contributed by atoms with E-state index in [0.29, 0.717) is 37.6 Å². The first-order valence-electron chi connectivity index (χ1n) is 11.3. The zero-order valence-corrected chi connectivity index (χ0v) is 19.1. The van der Waals surface area contributed by atoms with Crippen molar-refractivity contribution in [1.29, 1.82) is 0 Å². The molecule has 6 heteroatoms. The number of ether oxygens (including phenoxy) is 2. The standard InChI is InChI=1S/C26H32N2O4/c1-17-5-4-6-18(11-17)14-27-25(29)22-12-21(15-28(16-22)26(30)19-7-8-19)20-9-10-23(31-2)24(13-20)32-3/h4-6,9-11,13,19,21-22H,7-8,12,14-16H2,1-3H3,(H,27,29)/t21-,22+/m0/s1. The Morgan fingerprint density at radius 2 is 1.78 bits per heavy atom. The summed E-state index contributed by atoms with van der Waals surface area (Å²) in [7, 11) is 3.23. The number of aryl methyl sites for hydroxylation is 1. The molecule has 0 radical (unpaired) electrons. The number of nitrogens with zero attached hydrogens (tertiary/aromatic N) is 1. The van der Waals surface area contributed by atoms with E-state index in [1.54, 1.807) is 14.2 Å². The average molecular weight is 437 g/mol. The van der Waals surface area contributed by atoms with Gasteiger partial charge in [0.15, 0.2) is 11.5 Å². The second-order valence-corrected chi connectivity index (χ2v) is 8.97. The molecule has 0 unspecified atom stereocenters. The van der Waals surface area contributed by atoms with Gasteiger partial charge in [0.2, 0.25) is 11.8 Å². The molecule has 4 rings (SSSR count). The van der Waals surface area contributed by atoms with Crippen molar-refractivity contribution in [3.63, 3.8) is 0 Å². The summed E-state index contributed by atoms with van der Waals surface area (Å²) >= 11 is 0. The lowest BCUT2D eigenvalue weighted by Crippen LogP contribution is -2.48. The molecule has 2 atom stereocenters. The van der Waals surface area contributed by atoms with Gasteiger partial charge in [-0.15, -0.1) is 0 Å². The molecule has 2 aromatic rings. The second kappa shape index (κ2) is 9.63. The van der Waals surface area contributed by atoms with Crippen molar-refractivity contribution in [2.45, 2.75) is 38.6 Å². The number of rotatable bonds is 7. The first-order chi connectivity index (χ1) is 15.5. The molecular weight excluding hydrogens is 404 g/mol. The maximum atomic E-state index is 13.1. The summed E-state index contributed by atoms with van der Waals surface area (Å²) in [5.74, 6) is 1.49. The van der Waals surface area contributed by atoms with Crippen LogP contribution in [-0.2, 0) is 16.1 Å². The molecular formula is C26H32N2O4. The van der Waals surface area contributed by atoms with Gasteiger partial charge in [-0.1, -0.05) is 35.9 Å². The smallest absolute Gasteiger partial charge is 0.225 e. The maximum absolute atomic E-state index is 13.1. The van der Waals surface area contributed by atoms with Crippen LogP contribution in [0.25, 0.3) is 0 Å². The monoisotopic (exact) mass is 436 g/mol. The summed E-state index contributed by atoms with van der Waals surface area (Å²) in [5, 5.41) is 3.09. The highest BCUT2D eigenvalue weighted by Gasteiger charge is 2.39. The molecule has 0 bridgehead atoms. The Kier molecular flexibility index (Phi) is 6.68. The molecule has 170 valence electrons. The Balaban J connectivity index is 1.51. The summed E-state index contributed by atoms with van der Waals surface area (Å²) in [6.07, 6.45) is 2.62. The van der Waals surface area contributed by atoms with Crippen LogP contribution in [0.3, 0.4) is 0 Å². The SMILES string of the molecule is COc1ccc([C@H]2C[C@@H](C(=O)NCc3cccc(C)c3)CN(C(=O)C3CC3)C2)cc1OC. The average Bonchev–Trinajstić information content (AvgIpc) is 3.67. The van der Waals surface area contributed by atoms with E-state index in [9.17, 15) is 9.59 Å². The third kappa shape index (κ3) is 5.06. The van der Waals surface area contributed by atoms with E-state index >= 15 is 0 Å². The maximum Gasteiger partial charge on any atom is 0.225 e. The van der Waals surface area contributed by atoms with E-state index in [2.05, 4.69) is 11.4 Å². The fourth-order valence-electron chi connectivity index (χ4n) is 4.56. The zero-order valence-electron chi connectivity index (χ0n) is 19.1. The van der Waals surface area contributed by atoms with Crippen molar-refractivity contribution in [1.82, 2.24) is 10.2 Å². The predicted octanol–water partition coefficient (Wildman–Crippen LogP) is 3.67. The lowest BCUT2D eigenvalue weighted by Gasteiger charge is -2.37. The third-order valence-corrected chi connectivity index (χ3v) is 6.49. The molecule has 1 saturated heterocycles. The molecule has 2 aliphatic rings. The summed E-state index contributed by atoms with van der Waals surface area (Å²) < 4.78 is 10.8. The zero-order chi connectivity index (χ0) is 22.7. The molecule has 1 N–H and O–H groups in total. The van der Waals surface area contributed by atoms with Crippen molar-refractivity contribution in [3.05, 3.63) is 59.2 Å². The van der Waals surface area contributed by atoms with Gasteiger partial charge in [-0.05, 0) is 49.4 Å². The van der Waals surface area contributed by atoms with E-state index in [1.165, 1.54) is 5.56 Å². The van der Waals surface area contributed by atoms with Gasteiger partial charge in [-0.25, -0.2) is 0 Å². The molecule has 1 heterocycles. The van der Waals surface area contributed by atoms with E-state index in [1.807, 2.05) is 48.2 Å². The number of hydrogen-bond donors (Lipinski definition) is 1. The van der Waals surface area contributed by atoms with Crippen molar-refractivity contribution in [2.24, 2.45) is 11.8 Å². The number of hydrogen-bond acceptors (Lipinski definition) is 4. The minimum atomic E-state index is -0.241. The number of benzene rings is 2. The minimum Gasteiger partial charge on any atom is -0.493 e. The van der Waals surface area contributed by atoms with Crippen LogP contribution in [-0.4, -0.2) is 44.0 Å². The summed E-state index contributed by atoms with van der Waals surface area (Å²) in [6, 6.07) is 14.0. The topological polar surface area (TPSA) is 67.9 Å². The quantitative estimate of drug-likeness (QED) is 0.719. The van der Waals surface area contributed by atoms with Gasteiger partial charge >= 0.3 is 0 Å². The third-order valence-electron chi connectivity index (χ3n) is 6.49. The normalized spacial score (nSPS) is 20.5. The fraction of sp³-hybridized carbons (Fsp3) is 0.462. The van der Waals surface area contributed by atoms with Crippen LogP contribution < -0.4 is 14.8 Å². The van der Waals surface area contributed by atoms with Crippen molar-refractivity contribution in [3.8, 4) is 11.5 Å². The molecule has 1 saturated carbocycles. The number of likely N-dealkylation sites (tertiary alicyclic amines) is 1. The molecule has 1 aliphatic carbocycles. The molecule has 1 aliphatic heterocycles. The van der Waals surface area contributed by atoms with E-state index in [4.69, 9.17) is 9.47 Å². The van der Waals surface area contributed by atoms with Gasteiger partial charge in [0.1, 0.15) is 0 Å². The Morgan fingerprint density at radius 3 is 2.47 bits per heavy atom. The number of carbonyl (C=O) groups excluding carboxylic acids is 2. The van der Waals surface area contributed by atoms with E-state index in [-0.39, 0.29) is 29.6 Å². The second-order valence-electron chi connectivity index (χ2n) is 8.97. The number of nitrogens with one attached hydrogen (secondary N) is 1. The van der Waals surface area contributed by atoms with E-state index in [0.717, 1.165) is 24.0 Å². The van der Waals surface area contributed by atoms with Gasteiger partial charge in [-0.3, -0.25) is 9.59 Å². The Morgan fingerprint density at radius 1 is 1.00 bits per heavy atom. The molecule has 6 nitrogen and oxygen atoms in total. The van der Waals surface area contributed by atoms with Crippen LogP contribution in [0.1, 0.15) is 41.9 Å². The summed E-state index contributed by atoms with van der Waals surface area (Å²) in [4.78, 5) is 27.9. The van der Waals surface area contributed by atoms with Gasteiger partial charge < -0.3 is 19.7 Å². The number of carbonyl (C=O) groups is 2. The minimum absolute atomic E-state index is 0.00489. The van der Waals surface area contributed by atoms with Crippen LogP contribution in [0.4, 0.5) is 0 Å². The first-order valence-corrected chi connectivity index (χ1v) is 11.3. The first kappa shape index (κ1) is 22.2. The van der Waals surface area contributed by atoms with Gasteiger partial charge in [0, 0.05) is 31.5 Å². The molecule has 2 aromatic carbocycles.